The van der Waals surface area contributed by atoms with Crippen LogP contribution in [0, 0.1) is 6.92 Å². The summed E-state index contributed by atoms with van der Waals surface area (Å²) in [6.07, 6.45) is 0. The van der Waals surface area contributed by atoms with E-state index in [2.05, 4.69) is 37.8 Å². The largest absolute Gasteiger partial charge is 0.423 e. The summed E-state index contributed by atoms with van der Waals surface area (Å²) in [5.74, 6) is 0.131. The molecule has 0 spiro atoms. The number of carbonyl (C=O) groups is 1. The van der Waals surface area contributed by atoms with Crippen LogP contribution >= 0.6 is 0 Å². The molecule has 96 valence electrons. The van der Waals surface area contributed by atoms with Crippen LogP contribution in [0.1, 0.15) is 12.5 Å². The Balaban J connectivity index is 2.16. The smallest absolute Gasteiger partial charge is 0.338 e. The van der Waals surface area contributed by atoms with Gasteiger partial charge in [-0.1, -0.05) is 48.5 Å². The molecular weight excluding hydrogens is 236 g/mol. The van der Waals surface area contributed by atoms with Crippen LogP contribution < -0.4 is 4.74 Å². The fourth-order valence-electron chi connectivity index (χ4n) is 1.66. The summed E-state index contributed by atoms with van der Waals surface area (Å²) in [6, 6.07) is 15.7. The molecule has 0 aliphatic rings. The minimum Gasteiger partial charge on any atom is -0.423 e. The number of hydrogen-bond acceptors (Lipinski definition) is 2. The van der Waals surface area contributed by atoms with E-state index in [4.69, 9.17) is 4.74 Å². The molecule has 2 aromatic rings. The van der Waals surface area contributed by atoms with E-state index in [-0.39, 0.29) is 0 Å². The Morgan fingerprint density at radius 1 is 0.947 bits per heavy atom. The molecule has 0 aliphatic heterocycles. The lowest BCUT2D eigenvalue weighted by Crippen LogP contribution is -2.07. The molecule has 0 bridgehead atoms. The topological polar surface area (TPSA) is 26.3 Å². The van der Waals surface area contributed by atoms with Crippen LogP contribution in [0.25, 0.3) is 11.1 Å². The second-order valence-corrected chi connectivity index (χ2v) is 4.56. The van der Waals surface area contributed by atoms with Gasteiger partial charge in [-0.05, 0) is 37.1 Å². The average Bonchev–Trinajstić information content (AvgIpc) is 2.40. The van der Waals surface area contributed by atoms with Crippen molar-refractivity contribution < 1.29 is 9.53 Å². The number of rotatable bonds is 3. The minimum atomic E-state index is -0.400. The summed E-state index contributed by atoms with van der Waals surface area (Å²) < 4.78 is 5.15. The summed E-state index contributed by atoms with van der Waals surface area (Å²) in [5, 5.41) is 0. The Morgan fingerprint density at radius 2 is 1.42 bits per heavy atom. The zero-order chi connectivity index (χ0) is 13.8. The lowest BCUT2D eigenvalue weighted by molar-refractivity contribution is -0.130. The number of aryl methyl sites for hydroxylation is 1. The molecule has 0 aliphatic carbocycles. The van der Waals surface area contributed by atoms with Crippen LogP contribution in [0.15, 0.2) is 60.7 Å². The molecule has 2 heteroatoms. The lowest BCUT2D eigenvalue weighted by atomic mass is 10.0. The molecule has 0 heterocycles. The van der Waals surface area contributed by atoms with E-state index in [0.29, 0.717) is 11.3 Å². The summed E-state index contributed by atoms with van der Waals surface area (Å²) in [7, 11) is 0. The summed E-state index contributed by atoms with van der Waals surface area (Å²) in [4.78, 5) is 11.4. The van der Waals surface area contributed by atoms with Crippen LogP contribution in [-0.2, 0) is 4.79 Å². The highest BCUT2D eigenvalue weighted by atomic mass is 16.5. The van der Waals surface area contributed by atoms with Gasteiger partial charge in [0, 0.05) is 5.57 Å². The first-order valence-corrected chi connectivity index (χ1v) is 6.11. The van der Waals surface area contributed by atoms with E-state index in [0.717, 1.165) is 11.1 Å². The van der Waals surface area contributed by atoms with E-state index >= 15 is 0 Å². The van der Waals surface area contributed by atoms with Gasteiger partial charge in [-0.15, -0.1) is 0 Å². The number of ether oxygens (including phenoxy) is 1. The number of hydrogen-bond donors (Lipinski definition) is 0. The SMILES string of the molecule is C=C(C)C(=O)Oc1ccc(-c2ccc(C)cc2)cc1. The fraction of sp³-hybridized carbons (Fsp3) is 0.118. The third-order valence-electron chi connectivity index (χ3n) is 2.80. The standard InChI is InChI=1S/C17H16O2/c1-12(2)17(18)19-16-10-8-15(9-11-16)14-6-4-13(3)5-7-14/h4-11H,1H2,2-3H3. The lowest BCUT2D eigenvalue weighted by Gasteiger charge is -2.06. The van der Waals surface area contributed by atoms with Crippen molar-refractivity contribution in [2.24, 2.45) is 0 Å². The van der Waals surface area contributed by atoms with Crippen molar-refractivity contribution in [3.8, 4) is 16.9 Å². The molecule has 0 radical (unpaired) electrons. The molecule has 19 heavy (non-hydrogen) atoms. The first-order valence-electron chi connectivity index (χ1n) is 6.11. The monoisotopic (exact) mass is 252 g/mol. The summed E-state index contributed by atoms with van der Waals surface area (Å²) >= 11 is 0. The highest BCUT2D eigenvalue weighted by Gasteiger charge is 2.05. The van der Waals surface area contributed by atoms with Crippen molar-refractivity contribution >= 4 is 5.97 Å². The van der Waals surface area contributed by atoms with Crippen LogP contribution in [0.5, 0.6) is 5.75 Å². The predicted octanol–water partition coefficient (Wildman–Crippen LogP) is 4.14. The number of benzene rings is 2. The zero-order valence-corrected chi connectivity index (χ0v) is 11.1. The molecule has 0 saturated carbocycles. The van der Waals surface area contributed by atoms with E-state index in [1.165, 1.54) is 5.56 Å². The Kier molecular flexibility index (Phi) is 3.81. The molecule has 0 aromatic heterocycles. The van der Waals surface area contributed by atoms with E-state index in [9.17, 15) is 4.79 Å². The van der Waals surface area contributed by atoms with Gasteiger partial charge in [-0.3, -0.25) is 0 Å². The van der Waals surface area contributed by atoms with Crippen LogP contribution in [-0.4, -0.2) is 5.97 Å². The van der Waals surface area contributed by atoms with Crippen molar-refractivity contribution in [3.63, 3.8) is 0 Å². The fourth-order valence-corrected chi connectivity index (χ4v) is 1.66. The van der Waals surface area contributed by atoms with Crippen LogP contribution in [0.3, 0.4) is 0 Å². The molecule has 2 rings (SSSR count). The van der Waals surface area contributed by atoms with Gasteiger partial charge in [-0.2, -0.15) is 0 Å². The van der Waals surface area contributed by atoms with Crippen LogP contribution in [0.2, 0.25) is 0 Å². The maximum atomic E-state index is 11.4. The molecule has 0 saturated heterocycles. The molecular formula is C17H16O2. The number of esters is 1. The van der Waals surface area contributed by atoms with Crippen molar-refractivity contribution in [3.05, 3.63) is 66.2 Å². The van der Waals surface area contributed by atoms with Gasteiger partial charge in [-0.25, -0.2) is 4.79 Å². The molecule has 2 nitrogen and oxygen atoms in total. The van der Waals surface area contributed by atoms with E-state index < -0.39 is 5.97 Å². The van der Waals surface area contributed by atoms with Crippen molar-refractivity contribution in [2.45, 2.75) is 13.8 Å². The van der Waals surface area contributed by atoms with Crippen molar-refractivity contribution in [2.75, 3.05) is 0 Å². The van der Waals surface area contributed by atoms with Crippen LogP contribution in [0.4, 0.5) is 0 Å². The normalized spacial score (nSPS) is 10.0. The maximum Gasteiger partial charge on any atom is 0.338 e. The maximum absolute atomic E-state index is 11.4. The zero-order valence-electron chi connectivity index (χ0n) is 11.1. The average molecular weight is 252 g/mol. The van der Waals surface area contributed by atoms with E-state index in [1.54, 1.807) is 19.1 Å². The summed E-state index contributed by atoms with van der Waals surface area (Å²) in [5.41, 5.74) is 3.86. The summed E-state index contributed by atoms with van der Waals surface area (Å²) in [6.45, 7) is 7.24. The van der Waals surface area contributed by atoms with E-state index in [1.807, 2.05) is 12.1 Å². The van der Waals surface area contributed by atoms with Gasteiger partial charge in [0.15, 0.2) is 0 Å². The third kappa shape index (κ3) is 3.32. The Morgan fingerprint density at radius 3 is 1.89 bits per heavy atom. The molecule has 0 unspecified atom stereocenters. The van der Waals surface area contributed by atoms with Gasteiger partial charge >= 0.3 is 5.97 Å². The van der Waals surface area contributed by atoms with Crippen molar-refractivity contribution in [1.29, 1.82) is 0 Å². The molecule has 2 aromatic carbocycles. The Labute approximate surface area is 113 Å². The van der Waals surface area contributed by atoms with Gasteiger partial charge in [0.05, 0.1) is 0 Å². The van der Waals surface area contributed by atoms with Gasteiger partial charge in [0.1, 0.15) is 5.75 Å². The first-order chi connectivity index (χ1) is 9.06. The first kappa shape index (κ1) is 13.1. The highest BCUT2D eigenvalue weighted by molar-refractivity contribution is 5.88. The molecule has 0 amide bonds. The predicted molar refractivity (Wildman–Crippen MR) is 77.1 cm³/mol. The van der Waals surface area contributed by atoms with Crippen molar-refractivity contribution in [1.82, 2.24) is 0 Å². The second-order valence-electron chi connectivity index (χ2n) is 4.56. The Hall–Kier alpha value is -2.35. The van der Waals surface area contributed by atoms with Gasteiger partial charge < -0.3 is 4.74 Å². The van der Waals surface area contributed by atoms with Gasteiger partial charge in [0.25, 0.3) is 0 Å². The molecule has 0 atom stereocenters. The second kappa shape index (κ2) is 5.53. The highest BCUT2D eigenvalue weighted by Crippen LogP contribution is 2.23. The molecule has 0 fully saturated rings. The molecule has 0 N–H and O–H groups in total. The number of carbonyl (C=O) groups excluding carboxylic acids is 1. The quantitative estimate of drug-likeness (QED) is 0.466. The minimum absolute atomic E-state index is 0.391. The third-order valence-corrected chi connectivity index (χ3v) is 2.80. The Bertz CT molecular complexity index is 592. The van der Waals surface area contributed by atoms with Gasteiger partial charge in [0.2, 0.25) is 0 Å².